The summed E-state index contributed by atoms with van der Waals surface area (Å²) in [5.41, 5.74) is 4.10. The number of benzene rings is 2. The van der Waals surface area contributed by atoms with Gasteiger partial charge in [0.2, 0.25) is 0 Å². The highest BCUT2D eigenvalue weighted by molar-refractivity contribution is 5.95. The third-order valence-electron chi connectivity index (χ3n) is 5.52. The van der Waals surface area contributed by atoms with Crippen molar-refractivity contribution in [3.05, 3.63) is 66.2 Å². The van der Waals surface area contributed by atoms with Crippen LogP contribution in [0.1, 0.15) is 23.2 Å². The Balaban J connectivity index is 0.00000196. The molecule has 26 heavy (non-hydrogen) atoms. The van der Waals surface area contributed by atoms with Crippen LogP contribution in [0.5, 0.6) is 0 Å². The van der Waals surface area contributed by atoms with Crippen LogP contribution in [0.2, 0.25) is 0 Å². The second-order valence-corrected chi connectivity index (χ2v) is 7.08. The van der Waals surface area contributed by atoms with Gasteiger partial charge in [-0.1, -0.05) is 36.4 Å². The van der Waals surface area contributed by atoms with Gasteiger partial charge in [-0.3, -0.25) is 4.79 Å². The summed E-state index contributed by atoms with van der Waals surface area (Å²) in [6.07, 6.45) is 6.77. The number of nitrogens with one attached hydrogen (secondary N) is 1. The molecule has 0 spiro atoms. The molecule has 4 rings (SSSR count). The van der Waals surface area contributed by atoms with Crippen LogP contribution < -0.4 is 5.32 Å². The number of allylic oxidation sites excluding steroid dienone is 2. The topological polar surface area (TPSA) is 32.3 Å². The molecule has 1 N–H and O–H groups in total. The molecular weight excluding hydrogens is 344 g/mol. The standard InChI is InChI=1S/C22H24N2O.ClH/c1-23-21-11-9-16(10-12-21)17-7-4-8-18(13-17)22(25)24-14-19-5-2-3-6-20(19)15-24;/h2-4,7-13,19-20,23H,5-6,14-15H2,1H3;1H/t19-,20+;. The van der Waals surface area contributed by atoms with E-state index in [9.17, 15) is 4.79 Å². The molecule has 3 nitrogen and oxygen atoms in total. The lowest BCUT2D eigenvalue weighted by Crippen LogP contribution is -2.29. The number of amides is 1. The monoisotopic (exact) mass is 368 g/mol. The van der Waals surface area contributed by atoms with E-state index < -0.39 is 0 Å². The van der Waals surface area contributed by atoms with Gasteiger partial charge in [-0.15, -0.1) is 12.4 Å². The zero-order chi connectivity index (χ0) is 17.2. The first-order valence-corrected chi connectivity index (χ1v) is 9.07. The van der Waals surface area contributed by atoms with Crippen LogP contribution in [0.25, 0.3) is 11.1 Å². The second-order valence-electron chi connectivity index (χ2n) is 7.08. The number of nitrogens with zero attached hydrogens (tertiary/aromatic N) is 1. The maximum atomic E-state index is 13.0. The Morgan fingerprint density at radius 1 is 0.962 bits per heavy atom. The highest BCUT2D eigenvalue weighted by Gasteiger charge is 2.35. The molecule has 0 radical (unpaired) electrons. The molecule has 1 amide bonds. The number of halogens is 1. The molecule has 2 atom stereocenters. The van der Waals surface area contributed by atoms with Crippen molar-refractivity contribution in [2.24, 2.45) is 11.8 Å². The molecule has 2 aromatic carbocycles. The van der Waals surface area contributed by atoms with Gasteiger partial charge in [0.05, 0.1) is 0 Å². The second kappa shape index (κ2) is 7.96. The third-order valence-corrected chi connectivity index (χ3v) is 5.52. The van der Waals surface area contributed by atoms with Crippen LogP contribution in [0.15, 0.2) is 60.7 Å². The smallest absolute Gasteiger partial charge is 0.253 e. The Morgan fingerprint density at radius 2 is 1.62 bits per heavy atom. The van der Waals surface area contributed by atoms with Gasteiger partial charge in [0, 0.05) is 31.4 Å². The van der Waals surface area contributed by atoms with Crippen molar-refractivity contribution >= 4 is 24.0 Å². The number of carbonyl (C=O) groups excluding carboxylic acids is 1. The molecule has 1 saturated heterocycles. The van der Waals surface area contributed by atoms with E-state index >= 15 is 0 Å². The molecule has 0 bridgehead atoms. The molecule has 2 aliphatic rings. The van der Waals surface area contributed by atoms with Crippen LogP contribution in [-0.4, -0.2) is 30.9 Å². The van der Waals surface area contributed by atoms with E-state index in [2.05, 4.69) is 47.8 Å². The predicted octanol–water partition coefficient (Wildman–Crippen LogP) is 4.86. The first-order chi connectivity index (χ1) is 12.2. The molecule has 1 fully saturated rings. The number of hydrogen-bond acceptors (Lipinski definition) is 2. The molecule has 2 aromatic rings. The van der Waals surface area contributed by atoms with Gasteiger partial charge in [-0.25, -0.2) is 0 Å². The van der Waals surface area contributed by atoms with Crippen LogP contribution in [-0.2, 0) is 0 Å². The number of anilines is 1. The maximum absolute atomic E-state index is 13.0. The molecule has 0 saturated carbocycles. The van der Waals surface area contributed by atoms with Crippen LogP contribution >= 0.6 is 12.4 Å². The van der Waals surface area contributed by atoms with E-state index in [4.69, 9.17) is 0 Å². The summed E-state index contributed by atoms with van der Waals surface area (Å²) in [6, 6.07) is 16.3. The van der Waals surface area contributed by atoms with Crippen molar-refractivity contribution in [1.82, 2.24) is 4.90 Å². The summed E-state index contributed by atoms with van der Waals surface area (Å²) in [7, 11) is 1.91. The Hall–Kier alpha value is -2.26. The van der Waals surface area contributed by atoms with E-state index in [0.717, 1.165) is 48.3 Å². The van der Waals surface area contributed by atoms with Gasteiger partial charge >= 0.3 is 0 Å². The average Bonchev–Trinajstić information content (AvgIpc) is 3.12. The molecule has 0 unspecified atom stereocenters. The molecule has 1 heterocycles. The Bertz CT molecular complexity index is 784. The Labute approximate surface area is 161 Å². The molecule has 1 aliphatic carbocycles. The van der Waals surface area contributed by atoms with Gasteiger partial charge in [-0.2, -0.15) is 0 Å². The Morgan fingerprint density at radius 3 is 2.23 bits per heavy atom. The number of hydrogen-bond donors (Lipinski definition) is 1. The number of rotatable bonds is 3. The van der Waals surface area contributed by atoms with Crippen molar-refractivity contribution in [2.75, 3.05) is 25.5 Å². The van der Waals surface area contributed by atoms with Crippen LogP contribution in [0.3, 0.4) is 0 Å². The summed E-state index contributed by atoms with van der Waals surface area (Å²) in [5.74, 6) is 1.46. The van der Waals surface area contributed by atoms with E-state index in [1.54, 1.807) is 0 Å². The first-order valence-electron chi connectivity index (χ1n) is 9.07. The molecule has 0 aromatic heterocycles. The largest absolute Gasteiger partial charge is 0.388 e. The average molecular weight is 369 g/mol. The minimum atomic E-state index is 0. The van der Waals surface area contributed by atoms with Gasteiger partial charge in [-0.05, 0) is 60.1 Å². The third kappa shape index (κ3) is 3.63. The zero-order valence-electron chi connectivity index (χ0n) is 15.0. The summed E-state index contributed by atoms with van der Waals surface area (Å²) < 4.78 is 0. The minimum Gasteiger partial charge on any atom is -0.388 e. The van der Waals surface area contributed by atoms with E-state index in [1.807, 2.05) is 30.1 Å². The molecule has 1 aliphatic heterocycles. The summed E-state index contributed by atoms with van der Waals surface area (Å²) in [4.78, 5) is 15.0. The van der Waals surface area contributed by atoms with Crippen molar-refractivity contribution < 1.29 is 4.79 Å². The number of fused-ring (bicyclic) bond motifs is 1. The van der Waals surface area contributed by atoms with Crippen molar-refractivity contribution in [3.8, 4) is 11.1 Å². The van der Waals surface area contributed by atoms with Gasteiger partial charge in [0.15, 0.2) is 0 Å². The molecule has 4 heteroatoms. The zero-order valence-corrected chi connectivity index (χ0v) is 15.8. The lowest BCUT2D eigenvalue weighted by Gasteiger charge is -2.17. The van der Waals surface area contributed by atoms with E-state index in [0.29, 0.717) is 11.8 Å². The fourth-order valence-electron chi connectivity index (χ4n) is 4.02. The molecule has 136 valence electrons. The van der Waals surface area contributed by atoms with Gasteiger partial charge in [0.1, 0.15) is 0 Å². The van der Waals surface area contributed by atoms with Gasteiger partial charge in [0.25, 0.3) is 5.91 Å². The molecular formula is C22H25ClN2O. The van der Waals surface area contributed by atoms with Crippen LogP contribution in [0, 0.1) is 11.8 Å². The summed E-state index contributed by atoms with van der Waals surface area (Å²) in [5, 5.41) is 3.13. The first kappa shape index (κ1) is 18.5. The maximum Gasteiger partial charge on any atom is 0.253 e. The fraction of sp³-hybridized carbons (Fsp3) is 0.318. The lowest BCUT2D eigenvalue weighted by molar-refractivity contribution is 0.0784. The Kier molecular flexibility index (Phi) is 5.67. The summed E-state index contributed by atoms with van der Waals surface area (Å²) >= 11 is 0. The quantitative estimate of drug-likeness (QED) is 0.785. The normalized spacial score (nSPS) is 21.0. The van der Waals surface area contributed by atoms with Crippen LogP contribution in [0.4, 0.5) is 5.69 Å². The highest BCUT2D eigenvalue weighted by atomic mass is 35.5. The SMILES string of the molecule is CNc1ccc(-c2cccc(C(=O)N3C[C@H]4CC=CC[C@H]4C3)c2)cc1.Cl. The van der Waals surface area contributed by atoms with E-state index in [-0.39, 0.29) is 18.3 Å². The van der Waals surface area contributed by atoms with Gasteiger partial charge < -0.3 is 10.2 Å². The highest BCUT2D eigenvalue weighted by Crippen LogP contribution is 2.33. The van der Waals surface area contributed by atoms with Crippen molar-refractivity contribution in [3.63, 3.8) is 0 Å². The predicted molar refractivity (Wildman–Crippen MR) is 110 cm³/mol. The summed E-state index contributed by atoms with van der Waals surface area (Å²) in [6.45, 7) is 1.80. The van der Waals surface area contributed by atoms with Crippen molar-refractivity contribution in [1.29, 1.82) is 0 Å². The number of likely N-dealkylation sites (tertiary alicyclic amines) is 1. The van der Waals surface area contributed by atoms with E-state index in [1.165, 1.54) is 0 Å². The minimum absolute atomic E-state index is 0. The number of carbonyl (C=O) groups is 1. The lowest BCUT2D eigenvalue weighted by atomic mass is 9.86. The van der Waals surface area contributed by atoms with Crippen molar-refractivity contribution in [2.45, 2.75) is 12.8 Å². The fourth-order valence-corrected chi connectivity index (χ4v) is 4.02.